The highest BCUT2D eigenvalue weighted by molar-refractivity contribution is 7.97. The van der Waals surface area contributed by atoms with Crippen LogP contribution in [0.15, 0.2) is 24.3 Å². The number of carboxylic acids is 1. The van der Waals surface area contributed by atoms with E-state index in [9.17, 15) is 9.90 Å². The molecular formula is C9H9O2S-. The summed E-state index contributed by atoms with van der Waals surface area (Å²) in [5, 5.41) is 10.4. The summed E-state index contributed by atoms with van der Waals surface area (Å²) in [4.78, 5) is 10.4. The van der Waals surface area contributed by atoms with Crippen LogP contribution < -0.4 is 5.11 Å². The first-order valence-corrected chi connectivity index (χ1v) is 4.92. The van der Waals surface area contributed by atoms with Crippen LogP contribution in [0.1, 0.15) is 15.9 Å². The van der Waals surface area contributed by atoms with E-state index >= 15 is 0 Å². The van der Waals surface area contributed by atoms with Crippen molar-refractivity contribution in [2.75, 3.05) is 6.26 Å². The van der Waals surface area contributed by atoms with Crippen molar-refractivity contribution in [3.63, 3.8) is 0 Å². The van der Waals surface area contributed by atoms with Crippen LogP contribution in [0.25, 0.3) is 0 Å². The fourth-order valence-electron chi connectivity index (χ4n) is 0.904. The average Bonchev–Trinajstić information content (AvgIpc) is 2.06. The van der Waals surface area contributed by atoms with E-state index in [1.807, 2.05) is 18.4 Å². The molecule has 0 aliphatic carbocycles. The monoisotopic (exact) mass is 181 g/mol. The van der Waals surface area contributed by atoms with Gasteiger partial charge in [0.1, 0.15) is 0 Å². The number of aromatic carboxylic acids is 1. The van der Waals surface area contributed by atoms with Gasteiger partial charge in [-0.05, 0) is 17.4 Å². The molecule has 0 atom stereocenters. The maximum absolute atomic E-state index is 10.4. The fraction of sp³-hybridized carbons (Fsp3) is 0.222. The molecule has 12 heavy (non-hydrogen) atoms. The summed E-state index contributed by atoms with van der Waals surface area (Å²) in [5.74, 6) is -0.210. The SMILES string of the molecule is CSCc1ccc(C(=O)[O-])cc1. The number of hydrogen-bond acceptors (Lipinski definition) is 3. The van der Waals surface area contributed by atoms with Gasteiger partial charge in [-0.3, -0.25) is 0 Å². The first-order chi connectivity index (χ1) is 5.74. The first kappa shape index (κ1) is 9.13. The topological polar surface area (TPSA) is 40.1 Å². The summed E-state index contributed by atoms with van der Waals surface area (Å²) in [6.07, 6.45) is 2.01. The van der Waals surface area contributed by atoms with Gasteiger partial charge in [-0.25, -0.2) is 0 Å². The molecule has 0 heterocycles. The molecule has 0 radical (unpaired) electrons. The smallest absolute Gasteiger partial charge is 0.0715 e. The van der Waals surface area contributed by atoms with E-state index in [1.54, 1.807) is 23.9 Å². The molecular weight excluding hydrogens is 172 g/mol. The average molecular weight is 181 g/mol. The van der Waals surface area contributed by atoms with Crippen LogP contribution in [0, 0.1) is 0 Å². The largest absolute Gasteiger partial charge is 0.545 e. The summed E-state index contributed by atoms with van der Waals surface area (Å²) in [6.45, 7) is 0. The molecule has 0 spiro atoms. The van der Waals surface area contributed by atoms with E-state index in [0.29, 0.717) is 0 Å². The van der Waals surface area contributed by atoms with Gasteiger partial charge in [-0.2, -0.15) is 11.8 Å². The Morgan fingerprint density at radius 1 is 1.42 bits per heavy atom. The van der Waals surface area contributed by atoms with Gasteiger partial charge in [0.15, 0.2) is 0 Å². The van der Waals surface area contributed by atoms with Crippen LogP contribution in [-0.2, 0) is 5.75 Å². The van der Waals surface area contributed by atoms with Crippen molar-refractivity contribution in [2.24, 2.45) is 0 Å². The molecule has 2 nitrogen and oxygen atoms in total. The molecule has 1 aromatic rings. The Morgan fingerprint density at radius 2 is 2.00 bits per heavy atom. The summed E-state index contributed by atoms with van der Waals surface area (Å²) >= 11 is 1.71. The zero-order valence-corrected chi connectivity index (χ0v) is 7.56. The highest BCUT2D eigenvalue weighted by Gasteiger charge is 1.93. The van der Waals surface area contributed by atoms with E-state index in [0.717, 1.165) is 11.3 Å². The van der Waals surface area contributed by atoms with Gasteiger partial charge < -0.3 is 9.90 Å². The lowest BCUT2D eigenvalue weighted by molar-refractivity contribution is -0.255. The second-order valence-electron chi connectivity index (χ2n) is 2.42. The Hall–Kier alpha value is -0.960. The number of carbonyl (C=O) groups is 1. The molecule has 3 heteroatoms. The molecule has 0 aromatic heterocycles. The highest BCUT2D eigenvalue weighted by atomic mass is 32.2. The van der Waals surface area contributed by atoms with Gasteiger partial charge in [0, 0.05) is 5.75 Å². The molecule has 0 amide bonds. The molecule has 0 aliphatic heterocycles. The molecule has 0 aliphatic rings. The van der Waals surface area contributed by atoms with Gasteiger partial charge in [0.05, 0.1) is 5.97 Å². The minimum Gasteiger partial charge on any atom is -0.545 e. The summed E-state index contributed by atoms with van der Waals surface area (Å²) in [7, 11) is 0. The van der Waals surface area contributed by atoms with E-state index in [4.69, 9.17) is 0 Å². The number of benzene rings is 1. The maximum Gasteiger partial charge on any atom is 0.0715 e. The second kappa shape index (κ2) is 4.16. The maximum atomic E-state index is 10.4. The van der Waals surface area contributed by atoms with Crippen LogP contribution in [0.2, 0.25) is 0 Å². The van der Waals surface area contributed by atoms with E-state index < -0.39 is 5.97 Å². The van der Waals surface area contributed by atoms with Gasteiger partial charge in [-0.15, -0.1) is 0 Å². The van der Waals surface area contributed by atoms with Crippen molar-refractivity contribution in [1.82, 2.24) is 0 Å². The van der Waals surface area contributed by atoms with Gasteiger partial charge in [0.2, 0.25) is 0 Å². The molecule has 0 N–H and O–H groups in total. The quantitative estimate of drug-likeness (QED) is 0.696. The first-order valence-electron chi connectivity index (χ1n) is 3.53. The lowest BCUT2D eigenvalue weighted by Crippen LogP contribution is -2.21. The lowest BCUT2D eigenvalue weighted by Gasteiger charge is -2.02. The molecule has 0 fully saturated rings. The second-order valence-corrected chi connectivity index (χ2v) is 3.28. The van der Waals surface area contributed by atoms with Crippen LogP contribution >= 0.6 is 11.8 Å². The van der Waals surface area contributed by atoms with Gasteiger partial charge in [-0.1, -0.05) is 24.3 Å². The number of rotatable bonds is 3. The Labute approximate surface area is 75.6 Å². The van der Waals surface area contributed by atoms with E-state index in [-0.39, 0.29) is 5.56 Å². The summed E-state index contributed by atoms with van der Waals surface area (Å²) in [6, 6.07) is 6.76. The van der Waals surface area contributed by atoms with Crippen molar-refractivity contribution in [3.8, 4) is 0 Å². The Bertz CT molecular complexity index is 266. The minimum absolute atomic E-state index is 0.236. The molecule has 0 bridgehead atoms. The van der Waals surface area contributed by atoms with Crippen LogP contribution in [-0.4, -0.2) is 12.2 Å². The molecule has 0 saturated heterocycles. The van der Waals surface area contributed by atoms with E-state index in [1.165, 1.54) is 0 Å². The molecule has 0 unspecified atom stereocenters. The summed E-state index contributed by atoms with van der Waals surface area (Å²) < 4.78 is 0. The highest BCUT2D eigenvalue weighted by Crippen LogP contribution is 2.09. The van der Waals surface area contributed by atoms with E-state index in [2.05, 4.69) is 0 Å². The van der Waals surface area contributed by atoms with Crippen LogP contribution in [0.5, 0.6) is 0 Å². The van der Waals surface area contributed by atoms with Crippen molar-refractivity contribution in [3.05, 3.63) is 35.4 Å². The van der Waals surface area contributed by atoms with Crippen molar-refractivity contribution < 1.29 is 9.90 Å². The lowest BCUT2D eigenvalue weighted by atomic mass is 10.1. The third-order valence-electron chi connectivity index (χ3n) is 1.50. The molecule has 0 saturated carbocycles. The number of thioether (sulfide) groups is 1. The Morgan fingerprint density at radius 3 is 2.42 bits per heavy atom. The number of carboxylic acid groups (broad SMARTS) is 1. The van der Waals surface area contributed by atoms with Gasteiger partial charge in [0.25, 0.3) is 0 Å². The Kier molecular flexibility index (Phi) is 3.17. The number of hydrogen-bond donors (Lipinski definition) is 0. The van der Waals surface area contributed by atoms with Crippen molar-refractivity contribution in [1.29, 1.82) is 0 Å². The molecule has 1 rings (SSSR count). The number of carbonyl (C=O) groups excluding carboxylic acids is 1. The zero-order valence-electron chi connectivity index (χ0n) is 6.74. The predicted molar refractivity (Wildman–Crippen MR) is 48.0 cm³/mol. The third-order valence-corrected chi connectivity index (χ3v) is 2.12. The van der Waals surface area contributed by atoms with Crippen LogP contribution in [0.4, 0.5) is 0 Å². The molecule has 1 aromatic carbocycles. The van der Waals surface area contributed by atoms with Crippen LogP contribution in [0.3, 0.4) is 0 Å². The third kappa shape index (κ3) is 2.27. The van der Waals surface area contributed by atoms with Gasteiger partial charge >= 0.3 is 0 Å². The fourth-order valence-corrected chi connectivity index (χ4v) is 1.43. The predicted octanol–water partition coefficient (Wildman–Crippen LogP) is 0.913. The van der Waals surface area contributed by atoms with Crippen molar-refractivity contribution >= 4 is 17.7 Å². The normalized spacial score (nSPS) is 9.75. The standard InChI is InChI=1S/C9H10O2S/c1-12-6-7-2-4-8(5-3-7)9(10)11/h2-5H,6H2,1H3,(H,10,11)/p-1. The van der Waals surface area contributed by atoms with Crippen molar-refractivity contribution in [2.45, 2.75) is 5.75 Å². The molecule has 64 valence electrons. The Balaban J connectivity index is 2.78. The minimum atomic E-state index is -1.12. The summed E-state index contributed by atoms with van der Waals surface area (Å²) in [5.41, 5.74) is 1.37. The zero-order chi connectivity index (χ0) is 8.97.